The van der Waals surface area contributed by atoms with Crippen LogP contribution in [0, 0.1) is 6.92 Å². The second kappa shape index (κ2) is 5.19. The molecule has 2 rings (SSSR count). The number of amides is 1. The summed E-state index contributed by atoms with van der Waals surface area (Å²) < 4.78 is 5.47. The third-order valence-electron chi connectivity index (χ3n) is 3.19. The lowest BCUT2D eigenvalue weighted by atomic mass is 10.1. The number of rotatable bonds is 1. The van der Waals surface area contributed by atoms with Crippen molar-refractivity contribution in [3.63, 3.8) is 0 Å². The van der Waals surface area contributed by atoms with Crippen molar-refractivity contribution in [2.75, 3.05) is 6.54 Å². The predicted molar refractivity (Wildman–Crippen MR) is 73.9 cm³/mol. The first kappa shape index (κ1) is 13.8. The first-order valence-corrected chi connectivity index (χ1v) is 6.79. The molecule has 1 atom stereocenters. The topological polar surface area (TPSA) is 42.4 Å². The fourth-order valence-corrected chi connectivity index (χ4v) is 2.43. The highest BCUT2D eigenvalue weighted by Gasteiger charge is 2.33. The maximum absolute atomic E-state index is 12.2. The summed E-state index contributed by atoms with van der Waals surface area (Å²) in [5.74, 6) is 0. The van der Waals surface area contributed by atoms with Crippen LogP contribution in [0.15, 0.2) is 18.3 Å². The Hall–Kier alpha value is -1.58. The number of nitrogens with zero attached hydrogens (tertiary/aromatic N) is 2. The van der Waals surface area contributed by atoms with Crippen LogP contribution >= 0.6 is 0 Å². The molecular formula is C15H22N2O2. The van der Waals surface area contributed by atoms with Gasteiger partial charge in [-0.25, -0.2) is 4.79 Å². The van der Waals surface area contributed by atoms with E-state index in [1.807, 2.05) is 44.7 Å². The van der Waals surface area contributed by atoms with Gasteiger partial charge in [0.15, 0.2) is 0 Å². The van der Waals surface area contributed by atoms with Gasteiger partial charge in [0.1, 0.15) is 5.60 Å². The van der Waals surface area contributed by atoms with Crippen LogP contribution in [0.1, 0.15) is 50.9 Å². The fraction of sp³-hybridized carbons (Fsp3) is 0.600. The average molecular weight is 262 g/mol. The van der Waals surface area contributed by atoms with E-state index in [0.29, 0.717) is 0 Å². The molecule has 0 radical (unpaired) electrons. The molecule has 0 spiro atoms. The van der Waals surface area contributed by atoms with E-state index in [-0.39, 0.29) is 12.1 Å². The fourth-order valence-electron chi connectivity index (χ4n) is 2.43. The normalized spacial score (nSPS) is 19.6. The number of aryl methyl sites for hydroxylation is 1. The van der Waals surface area contributed by atoms with Crippen molar-refractivity contribution in [3.8, 4) is 0 Å². The van der Waals surface area contributed by atoms with Gasteiger partial charge in [0.25, 0.3) is 0 Å². The molecule has 1 amide bonds. The van der Waals surface area contributed by atoms with Gasteiger partial charge in [-0.05, 0) is 58.2 Å². The smallest absolute Gasteiger partial charge is 0.410 e. The average Bonchev–Trinajstić information content (AvgIpc) is 2.75. The van der Waals surface area contributed by atoms with E-state index in [9.17, 15) is 4.79 Å². The van der Waals surface area contributed by atoms with Crippen LogP contribution < -0.4 is 0 Å². The summed E-state index contributed by atoms with van der Waals surface area (Å²) in [6, 6.07) is 4.16. The predicted octanol–water partition coefficient (Wildman–Crippen LogP) is 3.46. The molecule has 19 heavy (non-hydrogen) atoms. The molecule has 0 N–H and O–H groups in total. The van der Waals surface area contributed by atoms with Crippen molar-refractivity contribution < 1.29 is 9.53 Å². The van der Waals surface area contributed by atoms with Gasteiger partial charge >= 0.3 is 6.09 Å². The van der Waals surface area contributed by atoms with E-state index in [1.54, 1.807) is 6.20 Å². The highest BCUT2D eigenvalue weighted by atomic mass is 16.6. The molecule has 2 heterocycles. The van der Waals surface area contributed by atoms with Crippen molar-refractivity contribution in [3.05, 3.63) is 29.6 Å². The molecule has 0 aliphatic carbocycles. The van der Waals surface area contributed by atoms with Gasteiger partial charge in [0.2, 0.25) is 0 Å². The number of likely N-dealkylation sites (tertiary alicyclic amines) is 1. The standard InChI is InChI=1S/C15H22N2O2/c1-11-10-12(7-8-16-11)13-6-5-9-17(13)14(18)19-15(2,3)4/h7-8,10,13H,5-6,9H2,1-4H3. The van der Waals surface area contributed by atoms with Crippen LogP contribution in [-0.2, 0) is 4.74 Å². The van der Waals surface area contributed by atoms with Gasteiger partial charge < -0.3 is 9.64 Å². The van der Waals surface area contributed by atoms with E-state index in [0.717, 1.165) is 30.6 Å². The summed E-state index contributed by atoms with van der Waals surface area (Å²) in [5.41, 5.74) is 1.68. The molecule has 4 nitrogen and oxygen atoms in total. The van der Waals surface area contributed by atoms with Gasteiger partial charge in [-0.3, -0.25) is 4.98 Å². The molecule has 0 saturated carbocycles. The van der Waals surface area contributed by atoms with Gasteiger partial charge in [0, 0.05) is 18.4 Å². The van der Waals surface area contributed by atoms with E-state index < -0.39 is 5.60 Å². The number of ether oxygens (including phenoxy) is 1. The third-order valence-corrected chi connectivity index (χ3v) is 3.19. The Morgan fingerprint density at radius 1 is 1.47 bits per heavy atom. The van der Waals surface area contributed by atoms with Crippen LogP contribution in [0.2, 0.25) is 0 Å². The van der Waals surface area contributed by atoms with Crippen molar-refractivity contribution in [1.29, 1.82) is 0 Å². The van der Waals surface area contributed by atoms with Crippen molar-refractivity contribution >= 4 is 6.09 Å². The zero-order valence-electron chi connectivity index (χ0n) is 12.1. The van der Waals surface area contributed by atoms with Crippen LogP contribution in [0.25, 0.3) is 0 Å². The molecule has 1 saturated heterocycles. The zero-order chi connectivity index (χ0) is 14.0. The summed E-state index contributed by atoms with van der Waals surface area (Å²) in [4.78, 5) is 18.3. The third kappa shape index (κ3) is 3.46. The minimum Gasteiger partial charge on any atom is -0.444 e. The summed E-state index contributed by atoms with van der Waals surface area (Å²) in [5, 5.41) is 0. The first-order chi connectivity index (χ1) is 8.87. The number of carbonyl (C=O) groups is 1. The number of pyridine rings is 1. The van der Waals surface area contributed by atoms with E-state index >= 15 is 0 Å². The lowest BCUT2D eigenvalue weighted by Gasteiger charge is -2.28. The first-order valence-electron chi connectivity index (χ1n) is 6.79. The van der Waals surface area contributed by atoms with Crippen LogP contribution in [0.3, 0.4) is 0 Å². The van der Waals surface area contributed by atoms with E-state index in [2.05, 4.69) is 4.98 Å². The second-order valence-corrected chi connectivity index (χ2v) is 6.06. The minimum absolute atomic E-state index is 0.122. The van der Waals surface area contributed by atoms with Crippen LogP contribution in [0.4, 0.5) is 4.79 Å². The minimum atomic E-state index is -0.446. The highest BCUT2D eigenvalue weighted by molar-refractivity contribution is 5.69. The van der Waals surface area contributed by atoms with E-state index in [4.69, 9.17) is 4.74 Å². The molecule has 1 unspecified atom stereocenters. The lowest BCUT2D eigenvalue weighted by Crippen LogP contribution is -2.36. The molecule has 1 aliphatic heterocycles. The molecular weight excluding hydrogens is 240 g/mol. The van der Waals surface area contributed by atoms with Gasteiger partial charge in [0.05, 0.1) is 6.04 Å². The Labute approximate surface area is 114 Å². The molecule has 1 aliphatic rings. The summed E-state index contributed by atoms with van der Waals surface area (Å²) in [6.45, 7) is 8.42. The van der Waals surface area contributed by atoms with Gasteiger partial charge in [-0.2, -0.15) is 0 Å². The molecule has 1 fully saturated rings. The second-order valence-electron chi connectivity index (χ2n) is 6.06. The Morgan fingerprint density at radius 3 is 2.84 bits per heavy atom. The zero-order valence-corrected chi connectivity index (χ0v) is 12.1. The Balaban J connectivity index is 2.15. The molecule has 0 aromatic carbocycles. The van der Waals surface area contributed by atoms with Crippen LogP contribution in [0.5, 0.6) is 0 Å². The maximum atomic E-state index is 12.2. The SMILES string of the molecule is Cc1cc(C2CCCN2C(=O)OC(C)(C)C)ccn1. The number of carbonyl (C=O) groups excluding carboxylic acids is 1. The van der Waals surface area contributed by atoms with E-state index in [1.165, 1.54) is 0 Å². The van der Waals surface area contributed by atoms with Crippen molar-refractivity contribution in [1.82, 2.24) is 9.88 Å². The van der Waals surface area contributed by atoms with Gasteiger partial charge in [-0.15, -0.1) is 0 Å². The van der Waals surface area contributed by atoms with Crippen molar-refractivity contribution in [2.45, 2.75) is 52.2 Å². The van der Waals surface area contributed by atoms with Crippen LogP contribution in [-0.4, -0.2) is 28.1 Å². The number of hydrogen-bond donors (Lipinski definition) is 0. The molecule has 0 bridgehead atoms. The summed E-state index contributed by atoms with van der Waals surface area (Å²) in [6.07, 6.45) is 3.59. The number of hydrogen-bond acceptors (Lipinski definition) is 3. The molecule has 4 heteroatoms. The highest BCUT2D eigenvalue weighted by Crippen LogP contribution is 2.33. The molecule has 1 aromatic rings. The molecule has 104 valence electrons. The monoisotopic (exact) mass is 262 g/mol. The Kier molecular flexibility index (Phi) is 3.78. The van der Waals surface area contributed by atoms with Gasteiger partial charge in [-0.1, -0.05) is 0 Å². The Morgan fingerprint density at radius 2 is 2.21 bits per heavy atom. The lowest BCUT2D eigenvalue weighted by molar-refractivity contribution is 0.0224. The van der Waals surface area contributed by atoms with Crippen molar-refractivity contribution in [2.24, 2.45) is 0 Å². The summed E-state index contributed by atoms with van der Waals surface area (Å²) in [7, 11) is 0. The maximum Gasteiger partial charge on any atom is 0.410 e. The molecule has 1 aromatic heterocycles. The quantitative estimate of drug-likeness (QED) is 0.778. The largest absolute Gasteiger partial charge is 0.444 e. The Bertz CT molecular complexity index is 465. The summed E-state index contributed by atoms with van der Waals surface area (Å²) >= 11 is 0. The number of aromatic nitrogens is 1.